The van der Waals surface area contributed by atoms with Gasteiger partial charge in [-0.05, 0) is 6.42 Å². The van der Waals surface area contributed by atoms with Crippen LogP contribution in [0.4, 0.5) is 0 Å². The van der Waals surface area contributed by atoms with E-state index < -0.39 is 5.97 Å². The molecule has 0 atom stereocenters. The first-order chi connectivity index (χ1) is 8.77. The highest BCUT2D eigenvalue weighted by Crippen LogP contribution is 2.23. The van der Waals surface area contributed by atoms with E-state index in [1.54, 1.807) is 10.8 Å². The number of hydrogen-bond acceptors (Lipinski definition) is 3. The minimum absolute atomic E-state index is 0.287. The molecule has 0 aromatic carbocycles. The molecule has 0 unspecified atom stereocenters. The molecule has 0 saturated heterocycles. The summed E-state index contributed by atoms with van der Waals surface area (Å²) in [7, 11) is 3.52. The molecule has 0 fully saturated rings. The van der Waals surface area contributed by atoms with Gasteiger partial charge in [-0.3, -0.25) is 4.79 Å². The van der Waals surface area contributed by atoms with Crippen molar-refractivity contribution in [2.75, 3.05) is 11.5 Å². The van der Waals surface area contributed by atoms with Crippen LogP contribution in [0.2, 0.25) is 0 Å². The zero-order valence-corrected chi connectivity index (χ0v) is 13.3. The van der Waals surface area contributed by atoms with Crippen molar-refractivity contribution in [2.45, 2.75) is 71.1 Å². The third kappa shape index (κ3) is 16.2. The monoisotopic (exact) mass is 292 g/mol. The van der Waals surface area contributed by atoms with E-state index in [9.17, 15) is 4.79 Å². The number of carboxylic acid groups (broad SMARTS) is 1. The Kier molecular flexibility index (Phi) is 15.4. The second-order valence-electron chi connectivity index (χ2n) is 4.62. The highest BCUT2D eigenvalue weighted by Gasteiger charge is 1.97. The minimum Gasteiger partial charge on any atom is -0.481 e. The van der Waals surface area contributed by atoms with Crippen molar-refractivity contribution in [2.24, 2.45) is 0 Å². The second-order valence-corrected chi connectivity index (χ2v) is 7.32. The molecule has 0 spiro atoms. The number of aliphatic carboxylic acids is 1. The van der Waals surface area contributed by atoms with Crippen molar-refractivity contribution >= 4 is 27.6 Å². The Morgan fingerprint density at radius 3 is 1.89 bits per heavy atom. The molecule has 0 radical (unpaired) electrons. The zero-order chi connectivity index (χ0) is 13.5. The molecule has 2 nitrogen and oxygen atoms in total. The van der Waals surface area contributed by atoms with E-state index in [1.807, 2.05) is 10.8 Å². The summed E-state index contributed by atoms with van der Waals surface area (Å²) in [5.41, 5.74) is 0. The van der Waals surface area contributed by atoms with Crippen LogP contribution in [-0.2, 0) is 4.79 Å². The standard InChI is InChI=1S/C14H28O2S2/c1-2-3-4-5-6-7-8-9-10-12-17-18-13-11-14(15)16/h2-13H2,1H3,(H,15,16). The van der Waals surface area contributed by atoms with Crippen molar-refractivity contribution in [3.05, 3.63) is 0 Å². The van der Waals surface area contributed by atoms with Gasteiger partial charge in [0.15, 0.2) is 0 Å². The van der Waals surface area contributed by atoms with E-state index in [0.29, 0.717) is 0 Å². The normalized spacial score (nSPS) is 10.7. The Bertz CT molecular complexity index is 187. The largest absolute Gasteiger partial charge is 0.481 e. The van der Waals surface area contributed by atoms with Crippen molar-refractivity contribution in [3.8, 4) is 0 Å². The fraction of sp³-hybridized carbons (Fsp3) is 0.929. The molecule has 0 aliphatic heterocycles. The van der Waals surface area contributed by atoms with Crippen LogP contribution in [0.1, 0.15) is 71.1 Å². The van der Waals surface area contributed by atoms with E-state index in [2.05, 4.69) is 6.92 Å². The first-order valence-electron chi connectivity index (χ1n) is 7.23. The van der Waals surface area contributed by atoms with Gasteiger partial charge in [-0.15, -0.1) is 0 Å². The van der Waals surface area contributed by atoms with Gasteiger partial charge in [0.05, 0.1) is 6.42 Å². The third-order valence-electron chi connectivity index (χ3n) is 2.81. The van der Waals surface area contributed by atoms with E-state index in [-0.39, 0.29) is 6.42 Å². The molecule has 0 aromatic rings. The Balaban J connectivity index is 2.92. The smallest absolute Gasteiger partial charge is 0.304 e. The first-order valence-corrected chi connectivity index (χ1v) is 9.72. The van der Waals surface area contributed by atoms with Crippen molar-refractivity contribution in [1.29, 1.82) is 0 Å². The van der Waals surface area contributed by atoms with Crippen LogP contribution in [0.15, 0.2) is 0 Å². The van der Waals surface area contributed by atoms with Crippen LogP contribution in [0, 0.1) is 0 Å². The fourth-order valence-electron chi connectivity index (χ4n) is 1.72. The molecule has 1 N–H and O–H groups in total. The molecule has 108 valence electrons. The van der Waals surface area contributed by atoms with Crippen LogP contribution in [0.3, 0.4) is 0 Å². The van der Waals surface area contributed by atoms with Crippen LogP contribution in [0.5, 0.6) is 0 Å². The molecule has 0 saturated carbocycles. The average molecular weight is 293 g/mol. The van der Waals surface area contributed by atoms with Crippen LogP contribution < -0.4 is 0 Å². The van der Waals surface area contributed by atoms with Gasteiger partial charge >= 0.3 is 5.97 Å². The molecule has 0 amide bonds. The maximum atomic E-state index is 10.3. The molecule has 0 aliphatic rings. The maximum absolute atomic E-state index is 10.3. The second kappa shape index (κ2) is 15.2. The van der Waals surface area contributed by atoms with Crippen LogP contribution in [0.25, 0.3) is 0 Å². The Hall–Kier alpha value is 0.170. The molecule has 0 rings (SSSR count). The van der Waals surface area contributed by atoms with Crippen molar-refractivity contribution in [3.63, 3.8) is 0 Å². The molecule has 0 aliphatic carbocycles. The van der Waals surface area contributed by atoms with Gasteiger partial charge in [0.1, 0.15) is 0 Å². The third-order valence-corrected chi connectivity index (χ3v) is 5.31. The topological polar surface area (TPSA) is 37.3 Å². The van der Waals surface area contributed by atoms with Crippen molar-refractivity contribution in [1.82, 2.24) is 0 Å². The highest BCUT2D eigenvalue weighted by atomic mass is 33.1. The van der Waals surface area contributed by atoms with Gasteiger partial charge < -0.3 is 5.11 Å². The van der Waals surface area contributed by atoms with E-state index in [1.165, 1.54) is 63.5 Å². The fourth-order valence-corrected chi connectivity index (χ4v) is 3.84. The number of hydrogen-bond donors (Lipinski definition) is 1. The lowest BCUT2D eigenvalue weighted by atomic mass is 10.1. The molecule has 0 aromatic heterocycles. The Labute approximate surface area is 120 Å². The first kappa shape index (κ1) is 18.2. The Morgan fingerprint density at radius 1 is 0.833 bits per heavy atom. The summed E-state index contributed by atoms with van der Waals surface area (Å²) in [6.07, 6.45) is 12.6. The molecular weight excluding hydrogens is 264 g/mol. The lowest BCUT2D eigenvalue weighted by Gasteiger charge is -2.02. The summed E-state index contributed by atoms with van der Waals surface area (Å²) in [5.74, 6) is 1.21. The predicted octanol–water partition coefficient (Wildman–Crippen LogP) is 5.37. The summed E-state index contributed by atoms with van der Waals surface area (Å²) in [6, 6.07) is 0. The maximum Gasteiger partial charge on any atom is 0.304 e. The molecule has 18 heavy (non-hydrogen) atoms. The van der Waals surface area contributed by atoms with Crippen molar-refractivity contribution < 1.29 is 9.90 Å². The Morgan fingerprint density at radius 2 is 1.33 bits per heavy atom. The quantitative estimate of drug-likeness (QED) is 0.345. The number of carbonyl (C=O) groups is 1. The van der Waals surface area contributed by atoms with E-state index in [0.717, 1.165) is 5.75 Å². The number of unbranched alkanes of at least 4 members (excludes halogenated alkanes) is 8. The molecule has 4 heteroatoms. The summed E-state index contributed by atoms with van der Waals surface area (Å²) in [6.45, 7) is 2.26. The zero-order valence-electron chi connectivity index (χ0n) is 11.7. The predicted molar refractivity (Wildman–Crippen MR) is 84.4 cm³/mol. The summed E-state index contributed by atoms with van der Waals surface area (Å²) >= 11 is 0. The van der Waals surface area contributed by atoms with E-state index >= 15 is 0 Å². The van der Waals surface area contributed by atoms with E-state index in [4.69, 9.17) is 5.11 Å². The van der Waals surface area contributed by atoms with Gasteiger partial charge in [0, 0.05) is 11.5 Å². The summed E-state index contributed by atoms with van der Waals surface area (Å²) in [4.78, 5) is 10.3. The van der Waals surface area contributed by atoms with Gasteiger partial charge in [-0.2, -0.15) is 0 Å². The van der Waals surface area contributed by atoms with Gasteiger partial charge in [-0.25, -0.2) is 0 Å². The van der Waals surface area contributed by atoms with Crippen LogP contribution in [-0.4, -0.2) is 22.6 Å². The molecular formula is C14H28O2S2. The SMILES string of the molecule is CCCCCCCCCCCSSCCC(=O)O. The number of carboxylic acids is 1. The number of rotatable bonds is 14. The average Bonchev–Trinajstić information content (AvgIpc) is 2.34. The molecule has 0 heterocycles. The summed E-state index contributed by atoms with van der Waals surface area (Å²) in [5, 5.41) is 8.47. The highest BCUT2D eigenvalue weighted by molar-refractivity contribution is 8.76. The van der Waals surface area contributed by atoms with Gasteiger partial charge in [0.25, 0.3) is 0 Å². The van der Waals surface area contributed by atoms with Gasteiger partial charge in [0.2, 0.25) is 0 Å². The molecule has 0 bridgehead atoms. The lowest BCUT2D eigenvalue weighted by molar-refractivity contribution is -0.136. The summed E-state index contributed by atoms with van der Waals surface area (Å²) < 4.78 is 0. The van der Waals surface area contributed by atoms with Crippen LogP contribution >= 0.6 is 21.6 Å². The van der Waals surface area contributed by atoms with Gasteiger partial charge in [-0.1, -0.05) is 79.9 Å². The minimum atomic E-state index is -0.689. The lowest BCUT2D eigenvalue weighted by Crippen LogP contribution is -1.94.